The summed E-state index contributed by atoms with van der Waals surface area (Å²) in [6.07, 6.45) is 3.07. The number of nitrogens with one attached hydrogen (secondary N) is 1. The summed E-state index contributed by atoms with van der Waals surface area (Å²) in [6, 6.07) is 10.0. The first-order valence-corrected chi connectivity index (χ1v) is 11.3. The summed E-state index contributed by atoms with van der Waals surface area (Å²) < 4.78 is 0. The number of fused-ring (bicyclic) bond motifs is 1. The van der Waals surface area contributed by atoms with Crippen LogP contribution in [0.5, 0.6) is 0 Å². The van der Waals surface area contributed by atoms with Crippen molar-refractivity contribution in [3.05, 3.63) is 46.5 Å². The first-order valence-electron chi connectivity index (χ1n) is 10.5. The number of aromatic nitrogens is 1. The summed E-state index contributed by atoms with van der Waals surface area (Å²) in [5.74, 6) is 0.395. The highest BCUT2D eigenvalue weighted by Crippen LogP contribution is 2.34. The maximum absolute atomic E-state index is 12.6. The van der Waals surface area contributed by atoms with Gasteiger partial charge >= 0.3 is 0 Å². The van der Waals surface area contributed by atoms with E-state index in [1.165, 1.54) is 4.88 Å². The Labute approximate surface area is 175 Å². The van der Waals surface area contributed by atoms with Gasteiger partial charge in [-0.3, -0.25) is 9.59 Å². The van der Waals surface area contributed by atoms with Crippen LogP contribution < -0.4 is 10.2 Å². The molecule has 1 aromatic heterocycles. The van der Waals surface area contributed by atoms with Gasteiger partial charge in [-0.25, -0.2) is 4.98 Å². The van der Waals surface area contributed by atoms with Gasteiger partial charge in [-0.15, -0.1) is 11.3 Å². The van der Waals surface area contributed by atoms with E-state index in [4.69, 9.17) is 4.98 Å². The topological polar surface area (TPSA) is 65.5 Å². The van der Waals surface area contributed by atoms with Gasteiger partial charge in [0.2, 0.25) is 11.8 Å². The van der Waals surface area contributed by atoms with Crippen molar-refractivity contribution in [1.82, 2.24) is 15.2 Å². The van der Waals surface area contributed by atoms with Crippen LogP contribution in [0.25, 0.3) is 0 Å². The van der Waals surface area contributed by atoms with Crippen LogP contribution in [0.1, 0.15) is 35.9 Å². The van der Waals surface area contributed by atoms with E-state index in [9.17, 15) is 9.59 Å². The second kappa shape index (κ2) is 8.95. The lowest BCUT2D eigenvalue weighted by Crippen LogP contribution is -2.48. The molecule has 2 aliphatic rings. The molecule has 29 heavy (non-hydrogen) atoms. The largest absolute Gasteiger partial charge is 0.352 e. The normalized spacial score (nSPS) is 19.0. The van der Waals surface area contributed by atoms with Crippen LogP contribution in [0.3, 0.4) is 0 Å². The van der Waals surface area contributed by atoms with Gasteiger partial charge in [-0.1, -0.05) is 37.3 Å². The molecule has 0 unspecified atom stereocenters. The van der Waals surface area contributed by atoms with Crippen molar-refractivity contribution in [2.45, 2.75) is 39.2 Å². The highest BCUT2D eigenvalue weighted by molar-refractivity contribution is 7.15. The van der Waals surface area contributed by atoms with Crippen molar-refractivity contribution in [2.75, 3.05) is 31.1 Å². The van der Waals surface area contributed by atoms with E-state index in [0.29, 0.717) is 13.0 Å². The number of carbonyl (C=O) groups excluding carboxylic acids is 2. The minimum absolute atomic E-state index is 0.0264. The number of thiazole rings is 1. The lowest BCUT2D eigenvalue weighted by molar-refractivity contribution is -0.131. The summed E-state index contributed by atoms with van der Waals surface area (Å²) in [5, 5.41) is 4.13. The standard InChI is InChI=1S/C22H28N4O2S/c1-2-20(27)25-10-12-26(13-11-25)22-24-18-9-8-17(14-19(18)29-22)21(28)23-15-16-6-4-3-5-7-16/h3-7,17H,2,8-15H2,1H3,(H,23,28)/t17-/m0/s1. The highest BCUT2D eigenvalue weighted by atomic mass is 32.1. The van der Waals surface area contributed by atoms with E-state index in [2.05, 4.69) is 10.2 Å². The van der Waals surface area contributed by atoms with Crippen LogP contribution in [0.4, 0.5) is 5.13 Å². The Balaban J connectivity index is 1.33. The fraction of sp³-hybridized carbons (Fsp3) is 0.500. The minimum Gasteiger partial charge on any atom is -0.352 e. The SMILES string of the molecule is CCC(=O)N1CCN(c2nc3c(s2)C[C@@H](C(=O)NCc2ccccc2)CC3)CC1. The van der Waals surface area contributed by atoms with Crippen molar-refractivity contribution >= 4 is 28.3 Å². The Bertz CT molecular complexity index is 859. The molecule has 0 saturated carbocycles. The molecule has 0 bridgehead atoms. The molecule has 1 atom stereocenters. The Morgan fingerprint density at radius 3 is 2.66 bits per heavy atom. The molecule has 2 heterocycles. The first-order chi connectivity index (χ1) is 14.1. The highest BCUT2D eigenvalue weighted by Gasteiger charge is 2.29. The zero-order chi connectivity index (χ0) is 20.2. The number of nitrogens with zero attached hydrogens (tertiary/aromatic N) is 3. The number of aryl methyl sites for hydroxylation is 1. The van der Waals surface area contributed by atoms with Crippen molar-refractivity contribution in [2.24, 2.45) is 5.92 Å². The predicted octanol–water partition coefficient (Wildman–Crippen LogP) is 2.62. The average Bonchev–Trinajstić information content (AvgIpc) is 3.21. The minimum atomic E-state index is 0.0264. The van der Waals surface area contributed by atoms with Gasteiger partial charge in [0.1, 0.15) is 0 Å². The number of amides is 2. The molecule has 1 N–H and O–H groups in total. The van der Waals surface area contributed by atoms with E-state index in [1.54, 1.807) is 11.3 Å². The van der Waals surface area contributed by atoms with Crippen molar-refractivity contribution < 1.29 is 9.59 Å². The number of anilines is 1. The number of hydrogen-bond donors (Lipinski definition) is 1. The molecule has 7 heteroatoms. The fourth-order valence-corrected chi connectivity index (χ4v) is 5.26. The van der Waals surface area contributed by atoms with Crippen molar-refractivity contribution in [3.63, 3.8) is 0 Å². The number of carbonyl (C=O) groups is 2. The smallest absolute Gasteiger partial charge is 0.223 e. The van der Waals surface area contributed by atoms with Crippen LogP contribution in [0.2, 0.25) is 0 Å². The Morgan fingerprint density at radius 1 is 1.17 bits per heavy atom. The van der Waals surface area contributed by atoms with Gasteiger partial charge in [0.05, 0.1) is 5.69 Å². The second-order valence-corrected chi connectivity index (χ2v) is 8.79. The molecule has 4 rings (SSSR count). The Kier molecular flexibility index (Phi) is 6.13. The number of rotatable bonds is 5. The maximum Gasteiger partial charge on any atom is 0.223 e. The van der Waals surface area contributed by atoms with E-state index in [1.807, 2.05) is 42.2 Å². The second-order valence-electron chi connectivity index (χ2n) is 7.73. The molecule has 2 aromatic rings. The summed E-state index contributed by atoms with van der Waals surface area (Å²) in [6.45, 7) is 5.69. The summed E-state index contributed by atoms with van der Waals surface area (Å²) in [5.41, 5.74) is 2.28. The van der Waals surface area contributed by atoms with E-state index in [0.717, 1.165) is 61.8 Å². The molecule has 6 nitrogen and oxygen atoms in total. The van der Waals surface area contributed by atoms with Gasteiger partial charge in [0.15, 0.2) is 5.13 Å². The molecule has 1 aliphatic heterocycles. The van der Waals surface area contributed by atoms with Gasteiger partial charge in [-0.05, 0) is 24.8 Å². The molecule has 1 fully saturated rings. The summed E-state index contributed by atoms with van der Waals surface area (Å²) in [7, 11) is 0. The third-order valence-electron chi connectivity index (χ3n) is 5.81. The first kappa shape index (κ1) is 19.9. The van der Waals surface area contributed by atoms with Crippen LogP contribution in [0, 0.1) is 5.92 Å². The van der Waals surface area contributed by atoms with E-state index in [-0.39, 0.29) is 17.7 Å². The Hall–Kier alpha value is -2.41. The molecule has 0 radical (unpaired) electrons. The van der Waals surface area contributed by atoms with Crippen molar-refractivity contribution in [3.8, 4) is 0 Å². The van der Waals surface area contributed by atoms with Crippen LogP contribution in [-0.2, 0) is 29.0 Å². The van der Waals surface area contributed by atoms with Gasteiger partial charge < -0.3 is 15.1 Å². The number of benzene rings is 1. The quantitative estimate of drug-likeness (QED) is 0.820. The number of hydrogen-bond acceptors (Lipinski definition) is 5. The summed E-state index contributed by atoms with van der Waals surface area (Å²) >= 11 is 1.72. The van der Waals surface area contributed by atoms with Crippen molar-refractivity contribution in [1.29, 1.82) is 0 Å². The zero-order valence-corrected chi connectivity index (χ0v) is 17.7. The lowest BCUT2D eigenvalue weighted by Gasteiger charge is -2.34. The van der Waals surface area contributed by atoms with Crippen LogP contribution >= 0.6 is 11.3 Å². The molecule has 154 valence electrons. The zero-order valence-electron chi connectivity index (χ0n) is 16.9. The van der Waals surface area contributed by atoms with E-state index < -0.39 is 0 Å². The monoisotopic (exact) mass is 412 g/mol. The molecule has 1 aromatic carbocycles. The van der Waals surface area contributed by atoms with Crippen LogP contribution in [0.15, 0.2) is 30.3 Å². The fourth-order valence-electron chi connectivity index (χ4n) is 4.02. The van der Waals surface area contributed by atoms with Crippen LogP contribution in [-0.4, -0.2) is 47.9 Å². The molecular weight excluding hydrogens is 384 g/mol. The average molecular weight is 413 g/mol. The molecule has 1 aliphatic carbocycles. The van der Waals surface area contributed by atoms with Gasteiger partial charge in [-0.2, -0.15) is 0 Å². The van der Waals surface area contributed by atoms with Gasteiger partial charge in [0.25, 0.3) is 0 Å². The maximum atomic E-state index is 12.6. The third-order valence-corrected chi connectivity index (χ3v) is 6.99. The summed E-state index contributed by atoms with van der Waals surface area (Å²) in [4.78, 5) is 34.8. The Morgan fingerprint density at radius 2 is 1.93 bits per heavy atom. The molecule has 0 spiro atoms. The van der Waals surface area contributed by atoms with E-state index >= 15 is 0 Å². The predicted molar refractivity (Wildman–Crippen MR) is 115 cm³/mol. The third kappa shape index (κ3) is 4.61. The molecule has 2 amide bonds. The molecular formula is C22H28N4O2S. The lowest BCUT2D eigenvalue weighted by atomic mass is 9.90. The molecule has 1 saturated heterocycles. The van der Waals surface area contributed by atoms with Gasteiger partial charge in [0, 0.05) is 49.9 Å². The number of piperazine rings is 1.